The highest BCUT2D eigenvalue weighted by atomic mass is 16.6. The van der Waals surface area contributed by atoms with E-state index in [0.29, 0.717) is 12.5 Å². The summed E-state index contributed by atoms with van der Waals surface area (Å²) in [5.74, 6) is 2.65. The molecule has 152 valence electrons. The summed E-state index contributed by atoms with van der Waals surface area (Å²) in [7, 11) is 3.36. The number of carbonyl (C=O) groups excluding carboxylic acids is 1. The fourth-order valence-electron chi connectivity index (χ4n) is 7.67. The van der Waals surface area contributed by atoms with Crippen LogP contribution in [-0.2, 0) is 21.4 Å². The maximum absolute atomic E-state index is 13.5. The highest BCUT2D eigenvalue weighted by Crippen LogP contribution is 2.73. The molecular weight excluding hydrogens is 366 g/mol. The van der Waals surface area contributed by atoms with Crippen molar-refractivity contribution in [3.8, 4) is 11.5 Å². The van der Waals surface area contributed by atoms with Crippen LogP contribution in [0.15, 0.2) is 24.3 Å². The maximum atomic E-state index is 13.5. The normalized spacial score (nSPS) is 43.3. The van der Waals surface area contributed by atoms with E-state index in [1.165, 1.54) is 30.5 Å². The zero-order valence-electron chi connectivity index (χ0n) is 17.1. The Morgan fingerprint density at radius 2 is 2.10 bits per heavy atom. The summed E-state index contributed by atoms with van der Waals surface area (Å²) >= 11 is 0. The summed E-state index contributed by atoms with van der Waals surface area (Å²) in [5, 5.41) is 0. The lowest BCUT2D eigenvalue weighted by atomic mass is 9.38. The molecule has 0 aromatic heterocycles. The van der Waals surface area contributed by atoms with Crippen LogP contribution >= 0.6 is 0 Å². The average Bonchev–Trinajstić information content (AvgIpc) is 3.47. The number of methoxy groups -OCH3 is 2. The zero-order chi connectivity index (χ0) is 19.6. The minimum absolute atomic E-state index is 0.177. The number of hydrogen-bond acceptors (Lipinski definition) is 5. The Morgan fingerprint density at radius 3 is 2.83 bits per heavy atom. The minimum Gasteiger partial charge on any atom is -0.493 e. The van der Waals surface area contributed by atoms with E-state index in [1.807, 2.05) is 12.1 Å². The lowest BCUT2D eigenvalue weighted by molar-refractivity contribution is -0.193. The Morgan fingerprint density at radius 1 is 1.24 bits per heavy atom. The van der Waals surface area contributed by atoms with Crippen LogP contribution in [0.25, 0.3) is 0 Å². The van der Waals surface area contributed by atoms with E-state index in [0.717, 1.165) is 36.8 Å². The van der Waals surface area contributed by atoms with E-state index in [9.17, 15) is 4.79 Å². The molecule has 1 saturated heterocycles. The number of nitrogens with zero attached hydrogens (tertiary/aromatic N) is 1. The topological polar surface area (TPSA) is 48.0 Å². The van der Waals surface area contributed by atoms with Crippen LogP contribution in [-0.4, -0.2) is 55.7 Å². The van der Waals surface area contributed by atoms with Gasteiger partial charge in [0.25, 0.3) is 0 Å². The van der Waals surface area contributed by atoms with Gasteiger partial charge in [-0.1, -0.05) is 12.1 Å². The van der Waals surface area contributed by atoms with Gasteiger partial charge in [-0.2, -0.15) is 0 Å². The minimum atomic E-state index is -0.983. The summed E-state index contributed by atoms with van der Waals surface area (Å²) in [6, 6.07) is 4.63. The molecule has 2 saturated carbocycles. The number of benzene rings is 1. The van der Waals surface area contributed by atoms with Crippen molar-refractivity contribution in [2.45, 2.75) is 55.3 Å². The molecule has 1 unspecified atom stereocenters. The van der Waals surface area contributed by atoms with Gasteiger partial charge in [-0.3, -0.25) is 9.69 Å². The number of ketones is 1. The molecule has 2 aliphatic heterocycles. The van der Waals surface area contributed by atoms with Crippen LogP contribution in [0, 0.1) is 11.3 Å². The number of likely N-dealkylation sites (tertiary alicyclic amines) is 1. The van der Waals surface area contributed by atoms with Crippen molar-refractivity contribution < 1.29 is 19.0 Å². The van der Waals surface area contributed by atoms with Crippen molar-refractivity contribution in [3.05, 3.63) is 35.4 Å². The smallest absolute Gasteiger partial charge is 0.181 e. The van der Waals surface area contributed by atoms with E-state index in [1.54, 1.807) is 14.2 Å². The van der Waals surface area contributed by atoms with Crippen molar-refractivity contribution in [2.24, 2.45) is 11.3 Å². The van der Waals surface area contributed by atoms with Gasteiger partial charge in [0.15, 0.2) is 22.9 Å². The summed E-state index contributed by atoms with van der Waals surface area (Å²) in [5.41, 5.74) is 1.30. The molecule has 5 heteroatoms. The van der Waals surface area contributed by atoms with Crippen LogP contribution in [0.4, 0.5) is 0 Å². The number of ether oxygens (including phenoxy) is 3. The zero-order valence-corrected chi connectivity index (χ0v) is 17.1. The summed E-state index contributed by atoms with van der Waals surface area (Å²) in [6.45, 7) is 2.24. The SMILES string of the molecule is COc1ccc2c3c1OC1[C@]34CCN(CC3CC3)[C@H](C2)[C@]42C=C[C@@]1(OC)C(=O)C2. The molecule has 5 atom stereocenters. The number of piperidine rings is 1. The van der Waals surface area contributed by atoms with Gasteiger partial charge in [0.2, 0.25) is 0 Å². The third-order valence-corrected chi connectivity index (χ3v) is 9.06. The second-order valence-corrected chi connectivity index (χ2v) is 9.98. The quantitative estimate of drug-likeness (QED) is 0.736. The lowest BCUT2D eigenvalue weighted by Gasteiger charge is -2.68. The van der Waals surface area contributed by atoms with E-state index in [2.05, 4.69) is 17.0 Å². The van der Waals surface area contributed by atoms with Crippen molar-refractivity contribution in [1.29, 1.82) is 0 Å². The van der Waals surface area contributed by atoms with Crippen molar-refractivity contribution in [2.75, 3.05) is 27.3 Å². The molecular formula is C24H27NO4. The van der Waals surface area contributed by atoms with Gasteiger partial charge in [-0.05, 0) is 55.9 Å². The first-order valence-electron chi connectivity index (χ1n) is 11.0. The molecule has 5 nitrogen and oxygen atoms in total. The van der Waals surface area contributed by atoms with E-state index in [-0.39, 0.29) is 22.7 Å². The molecule has 3 fully saturated rings. The highest BCUT2D eigenvalue weighted by Gasteiger charge is 2.79. The molecule has 1 aromatic rings. The van der Waals surface area contributed by atoms with Gasteiger partial charge in [0, 0.05) is 37.1 Å². The lowest BCUT2D eigenvalue weighted by Crippen LogP contribution is -2.79. The van der Waals surface area contributed by atoms with E-state index in [4.69, 9.17) is 14.2 Å². The van der Waals surface area contributed by atoms with Gasteiger partial charge in [-0.15, -0.1) is 0 Å². The van der Waals surface area contributed by atoms with Crippen molar-refractivity contribution >= 4 is 5.78 Å². The number of carbonyl (C=O) groups is 1. The second-order valence-electron chi connectivity index (χ2n) is 9.98. The fourth-order valence-corrected chi connectivity index (χ4v) is 7.67. The first-order chi connectivity index (χ1) is 14.1. The van der Waals surface area contributed by atoms with Crippen LogP contribution < -0.4 is 9.47 Å². The predicted octanol–water partition coefficient (Wildman–Crippen LogP) is 2.65. The van der Waals surface area contributed by atoms with Crippen LogP contribution in [0.5, 0.6) is 11.5 Å². The van der Waals surface area contributed by atoms with Crippen molar-refractivity contribution in [3.63, 3.8) is 0 Å². The Bertz CT molecular complexity index is 983. The molecule has 4 bridgehead atoms. The number of hydrogen-bond donors (Lipinski definition) is 0. The van der Waals surface area contributed by atoms with Crippen LogP contribution in [0.2, 0.25) is 0 Å². The summed E-state index contributed by atoms with van der Waals surface area (Å²) in [6.07, 6.45) is 9.35. The number of rotatable bonds is 4. The number of Topliss-reactive ketones (excluding diaryl/α,β-unsaturated/α-hetero) is 1. The Labute approximate surface area is 171 Å². The highest BCUT2D eigenvalue weighted by molar-refractivity contribution is 5.96. The maximum Gasteiger partial charge on any atom is 0.181 e. The molecule has 1 aromatic carbocycles. The van der Waals surface area contributed by atoms with E-state index >= 15 is 0 Å². The van der Waals surface area contributed by atoms with E-state index < -0.39 is 5.60 Å². The third-order valence-electron chi connectivity index (χ3n) is 9.06. The monoisotopic (exact) mass is 393 g/mol. The molecule has 29 heavy (non-hydrogen) atoms. The van der Waals surface area contributed by atoms with Gasteiger partial charge < -0.3 is 14.2 Å². The summed E-state index contributed by atoms with van der Waals surface area (Å²) < 4.78 is 18.4. The number of fused-ring (bicyclic) bond motifs is 1. The van der Waals surface area contributed by atoms with Gasteiger partial charge in [-0.25, -0.2) is 0 Å². The average molecular weight is 393 g/mol. The molecule has 2 heterocycles. The van der Waals surface area contributed by atoms with Gasteiger partial charge in [0.1, 0.15) is 6.10 Å². The fraction of sp³-hybridized carbons (Fsp3) is 0.625. The molecule has 8 rings (SSSR count). The summed E-state index contributed by atoms with van der Waals surface area (Å²) in [4.78, 5) is 16.2. The van der Waals surface area contributed by atoms with Crippen LogP contribution in [0.3, 0.4) is 0 Å². The first kappa shape index (κ1) is 16.9. The van der Waals surface area contributed by atoms with Crippen molar-refractivity contribution in [1.82, 2.24) is 4.90 Å². The molecule has 0 amide bonds. The Hall–Kier alpha value is -1.85. The molecule has 0 radical (unpaired) electrons. The van der Waals surface area contributed by atoms with Crippen LogP contribution in [0.1, 0.15) is 36.8 Å². The molecule has 5 aliphatic carbocycles. The largest absolute Gasteiger partial charge is 0.493 e. The van der Waals surface area contributed by atoms with Gasteiger partial charge >= 0.3 is 0 Å². The molecule has 7 aliphatic rings. The third kappa shape index (κ3) is 1.65. The molecule has 0 N–H and O–H groups in total. The molecule has 2 spiro atoms. The second kappa shape index (κ2) is 5.06. The Kier molecular flexibility index (Phi) is 2.95. The predicted molar refractivity (Wildman–Crippen MR) is 106 cm³/mol. The first-order valence-corrected chi connectivity index (χ1v) is 11.0. The van der Waals surface area contributed by atoms with Gasteiger partial charge in [0.05, 0.1) is 12.5 Å². The standard InChI is InChI=1S/C24H27NO4/c1-27-16-6-5-15-11-17-22-7-8-24(28-2,18(26)12-22)21-23(22,19(15)20(16)29-21)9-10-25(17)13-14-3-4-14/h5-8,14,17,21H,3-4,9-13H2,1-2H3/t17-,21?,22-,23+,24-/m1/s1. The Balaban J connectivity index is 1.52.